The van der Waals surface area contributed by atoms with Gasteiger partial charge in [0, 0.05) is 11.1 Å². The van der Waals surface area contributed by atoms with Gasteiger partial charge in [0.25, 0.3) is 0 Å². The molecule has 0 saturated carbocycles. The number of halogens is 2. The quantitative estimate of drug-likeness (QED) is 0.835. The van der Waals surface area contributed by atoms with Gasteiger partial charge >= 0.3 is 0 Å². The number of aryl methyl sites for hydroxylation is 1. The Morgan fingerprint density at radius 2 is 1.90 bits per heavy atom. The predicted molar refractivity (Wildman–Crippen MR) is 89.7 cm³/mol. The molecule has 0 radical (unpaired) electrons. The Hall–Kier alpha value is -1.22. The Balaban J connectivity index is 2.45. The maximum Gasteiger partial charge on any atom is 0.139 e. The largest absolute Gasteiger partial charge is 0.492 e. The fourth-order valence-electron chi connectivity index (χ4n) is 2.38. The molecule has 2 nitrogen and oxygen atoms in total. The Morgan fingerprint density at radius 3 is 2.52 bits per heavy atom. The predicted octanol–water partition coefficient (Wildman–Crippen LogP) is 5.01. The van der Waals surface area contributed by atoms with Crippen molar-refractivity contribution in [1.29, 1.82) is 0 Å². The molecule has 0 aliphatic heterocycles. The van der Waals surface area contributed by atoms with Crippen LogP contribution in [0.25, 0.3) is 0 Å². The van der Waals surface area contributed by atoms with E-state index < -0.39 is 0 Å². The highest BCUT2D eigenvalue weighted by molar-refractivity contribution is 6.34. The smallest absolute Gasteiger partial charge is 0.139 e. The van der Waals surface area contributed by atoms with E-state index in [0.29, 0.717) is 22.4 Å². The van der Waals surface area contributed by atoms with E-state index in [4.69, 9.17) is 27.9 Å². The molecule has 1 unspecified atom stereocenters. The highest BCUT2D eigenvalue weighted by atomic mass is 35.5. The SMILES string of the molecule is CCOc1cc(Cl)c(C(NC)c2cccc(C)c2)cc1Cl. The van der Waals surface area contributed by atoms with Crippen LogP contribution in [0.4, 0.5) is 0 Å². The molecular formula is C17H19Cl2NO. The van der Waals surface area contributed by atoms with Crippen molar-refractivity contribution in [2.45, 2.75) is 19.9 Å². The van der Waals surface area contributed by atoms with Crippen LogP contribution in [-0.2, 0) is 0 Å². The van der Waals surface area contributed by atoms with Crippen LogP contribution in [0, 0.1) is 6.92 Å². The van der Waals surface area contributed by atoms with Crippen LogP contribution >= 0.6 is 23.2 Å². The van der Waals surface area contributed by atoms with Crippen LogP contribution in [0.15, 0.2) is 36.4 Å². The molecule has 1 N–H and O–H groups in total. The Kier molecular flexibility index (Phi) is 5.51. The first-order chi connectivity index (χ1) is 10.1. The van der Waals surface area contributed by atoms with E-state index in [0.717, 1.165) is 11.1 Å². The Bertz CT molecular complexity index is 628. The molecule has 0 fully saturated rings. The van der Waals surface area contributed by atoms with Crippen molar-refractivity contribution in [1.82, 2.24) is 5.32 Å². The standard InChI is InChI=1S/C17H19Cl2NO/c1-4-21-16-10-14(18)13(9-15(16)19)17(20-3)12-7-5-6-11(2)8-12/h5-10,17,20H,4H2,1-3H3. The minimum Gasteiger partial charge on any atom is -0.492 e. The average Bonchev–Trinajstić information content (AvgIpc) is 2.45. The van der Waals surface area contributed by atoms with E-state index in [2.05, 4.69) is 30.4 Å². The van der Waals surface area contributed by atoms with Crippen LogP contribution < -0.4 is 10.1 Å². The summed E-state index contributed by atoms with van der Waals surface area (Å²) in [6.07, 6.45) is 0. The topological polar surface area (TPSA) is 21.3 Å². The zero-order chi connectivity index (χ0) is 15.4. The lowest BCUT2D eigenvalue weighted by Crippen LogP contribution is -2.18. The molecule has 4 heteroatoms. The molecule has 112 valence electrons. The number of ether oxygens (including phenoxy) is 1. The van der Waals surface area contributed by atoms with Gasteiger partial charge in [-0.2, -0.15) is 0 Å². The van der Waals surface area contributed by atoms with Crippen molar-refractivity contribution in [2.75, 3.05) is 13.7 Å². The molecule has 2 rings (SSSR count). The van der Waals surface area contributed by atoms with Gasteiger partial charge in [0.05, 0.1) is 17.7 Å². The van der Waals surface area contributed by atoms with Crippen molar-refractivity contribution in [2.24, 2.45) is 0 Å². The molecule has 2 aromatic carbocycles. The summed E-state index contributed by atoms with van der Waals surface area (Å²) in [5.74, 6) is 0.618. The molecule has 0 bridgehead atoms. The molecule has 0 heterocycles. The Morgan fingerprint density at radius 1 is 1.14 bits per heavy atom. The average molecular weight is 324 g/mol. The van der Waals surface area contributed by atoms with Crippen LogP contribution in [0.2, 0.25) is 10.0 Å². The van der Waals surface area contributed by atoms with Gasteiger partial charge in [0.15, 0.2) is 0 Å². The number of rotatable bonds is 5. The van der Waals surface area contributed by atoms with Crippen LogP contribution in [0.5, 0.6) is 5.75 Å². The van der Waals surface area contributed by atoms with Gasteiger partial charge < -0.3 is 10.1 Å². The van der Waals surface area contributed by atoms with Gasteiger partial charge in [0.1, 0.15) is 5.75 Å². The normalized spacial score (nSPS) is 12.2. The molecule has 0 saturated heterocycles. The lowest BCUT2D eigenvalue weighted by Gasteiger charge is -2.20. The van der Waals surface area contributed by atoms with Crippen molar-refractivity contribution in [3.05, 3.63) is 63.1 Å². The second-order valence-corrected chi connectivity index (χ2v) is 5.69. The van der Waals surface area contributed by atoms with E-state index >= 15 is 0 Å². The summed E-state index contributed by atoms with van der Waals surface area (Å²) in [4.78, 5) is 0. The van der Waals surface area contributed by atoms with Gasteiger partial charge in [-0.05, 0) is 38.1 Å². The lowest BCUT2D eigenvalue weighted by atomic mass is 9.97. The third kappa shape index (κ3) is 3.70. The molecule has 2 aromatic rings. The van der Waals surface area contributed by atoms with E-state index in [1.807, 2.05) is 26.1 Å². The molecule has 1 atom stereocenters. The van der Waals surface area contributed by atoms with Crippen molar-refractivity contribution >= 4 is 23.2 Å². The number of benzene rings is 2. The molecule has 0 amide bonds. The summed E-state index contributed by atoms with van der Waals surface area (Å²) in [6, 6.07) is 12.0. The second-order valence-electron chi connectivity index (χ2n) is 4.87. The van der Waals surface area contributed by atoms with Gasteiger partial charge in [-0.1, -0.05) is 53.0 Å². The van der Waals surface area contributed by atoms with Crippen LogP contribution in [0.3, 0.4) is 0 Å². The molecule has 0 spiro atoms. The molecule has 0 aliphatic carbocycles. The van der Waals surface area contributed by atoms with Crippen molar-refractivity contribution < 1.29 is 4.74 Å². The first-order valence-corrected chi connectivity index (χ1v) is 7.68. The van der Waals surface area contributed by atoms with Gasteiger partial charge in [-0.15, -0.1) is 0 Å². The first kappa shape index (κ1) is 16.2. The molecule has 21 heavy (non-hydrogen) atoms. The summed E-state index contributed by atoms with van der Waals surface area (Å²) in [5.41, 5.74) is 3.30. The lowest BCUT2D eigenvalue weighted by molar-refractivity contribution is 0.340. The monoisotopic (exact) mass is 323 g/mol. The van der Waals surface area contributed by atoms with E-state index in [1.54, 1.807) is 6.07 Å². The number of hydrogen-bond donors (Lipinski definition) is 1. The molecular weight excluding hydrogens is 305 g/mol. The summed E-state index contributed by atoms with van der Waals surface area (Å²) < 4.78 is 5.47. The van der Waals surface area contributed by atoms with Gasteiger partial charge in [0.2, 0.25) is 0 Å². The summed E-state index contributed by atoms with van der Waals surface area (Å²) in [5, 5.41) is 4.51. The first-order valence-electron chi connectivity index (χ1n) is 6.92. The summed E-state index contributed by atoms with van der Waals surface area (Å²) in [6.45, 7) is 4.55. The van der Waals surface area contributed by atoms with Gasteiger partial charge in [-0.3, -0.25) is 0 Å². The maximum absolute atomic E-state index is 6.42. The van der Waals surface area contributed by atoms with E-state index in [-0.39, 0.29) is 6.04 Å². The van der Waals surface area contributed by atoms with E-state index in [1.165, 1.54) is 5.56 Å². The Labute approximate surface area is 136 Å². The number of hydrogen-bond acceptors (Lipinski definition) is 2. The fourth-order valence-corrected chi connectivity index (χ4v) is 2.87. The van der Waals surface area contributed by atoms with Crippen molar-refractivity contribution in [3.8, 4) is 5.75 Å². The fraction of sp³-hybridized carbons (Fsp3) is 0.294. The third-order valence-corrected chi connectivity index (χ3v) is 3.95. The highest BCUT2D eigenvalue weighted by Gasteiger charge is 2.18. The zero-order valence-corrected chi connectivity index (χ0v) is 13.9. The molecule has 0 aliphatic rings. The number of nitrogens with one attached hydrogen (secondary N) is 1. The molecule has 0 aromatic heterocycles. The minimum atomic E-state index is -0.00873. The van der Waals surface area contributed by atoms with Gasteiger partial charge in [-0.25, -0.2) is 0 Å². The van der Waals surface area contributed by atoms with Crippen molar-refractivity contribution in [3.63, 3.8) is 0 Å². The summed E-state index contributed by atoms with van der Waals surface area (Å²) in [7, 11) is 1.91. The highest BCUT2D eigenvalue weighted by Crippen LogP contribution is 2.36. The van der Waals surface area contributed by atoms with E-state index in [9.17, 15) is 0 Å². The zero-order valence-electron chi connectivity index (χ0n) is 12.4. The van der Waals surface area contributed by atoms with Crippen LogP contribution in [0.1, 0.15) is 29.7 Å². The van der Waals surface area contributed by atoms with Crippen LogP contribution in [-0.4, -0.2) is 13.7 Å². The third-order valence-electron chi connectivity index (χ3n) is 3.33. The second kappa shape index (κ2) is 7.17. The maximum atomic E-state index is 6.42. The minimum absolute atomic E-state index is 0.00873. The summed E-state index contributed by atoms with van der Waals surface area (Å²) >= 11 is 12.7.